The van der Waals surface area contributed by atoms with Gasteiger partial charge in [-0.2, -0.15) is 11.8 Å². The Hall–Kier alpha value is 0.350. The van der Waals surface area contributed by atoms with Gasteiger partial charge in [-0.05, 0) is 36.3 Å². The third-order valence-electron chi connectivity index (χ3n) is 5.64. The minimum absolute atomic E-state index is 0.510. The van der Waals surface area contributed by atoms with E-state index in [0.29, 0.717) is 5.41 Å². The topological polar surface area (TPSA) is 0 Å². The van der Waals surface area contributed by atoms with Gasteiger partial charge in [0, 0.05) is 5.25 Å². The van der Waals surface area contributed by atoms with Crippen LogP contribution in [0.3, 0.4) is 0 Å². The highest BCUT2D eigenvalue weighted by molar-refractivity contribution is 7.99. The molecule has 23 heavy (non-hydrogen) atoms. The second kappa shape index (κ2) is 12.7. The van der Waals surface area contributed by atoms with Crippen LogP contribution >= 0.6 is 11.8 Å². The zero-order valence-electron chi connectivity index (χ0n) is 16.7. The molecule has 1 heteroatoms. The minimum atomic E-state index is 0.510. The molecule has 1 rings (SSSR count). The lowest BCUT2D eigenvalue weighted by Crippen LogP contribution is -2.33. The van der Waals surface area contributed by atoms with Gasteiger partial charge in [-0.25, -0.2) is 0 Å². The van der Waals surface area contributed by atoms with E-state index >= 15 is 0 Å². The highest BCUT2D eigenvalue weighted by atomic mass is 32.2. The molecular formula is C22H44S. The maximum Gasteiger partial charge on any atom is 0.00803 e. The highest BCUT2D eigenvalue weighted by Crippen LogP contribution is 2.43. The van der Waals surface area contributed by atoms with E-state index in [2.05, 4.69) is 39.5 Å². The summed E-state index contributed by atoms with van der Waals surface area (Å²) in [6.07, 6.45) is 20.5. The van der Waals surface area contributed by atoms with Crippen molar-refractivity contribution in [3.05, 3.63) is 0 Å². The Bertz CT molecular complexity index is 266. The molecule has 0 amide bonds. The van der Waals surface area contributed by atoms with Gasteiger partial charge in [0.15, 0.2) is 0 Å². The molecule has 0 aromatic carbocycles. The second-order valence-corrected chi connectivity index (χ2v) is 10.2. The molecule has 138 valence electrons. The van der Waals surface area contributed by atoms with Gasteiger partial charge in [0.1, 0.15) is 0 Å². The first-order valence-electron chi connectivity index (χ1n) is 10.7. The van der Waals surface area contributed by atoms with Gasteiger partial charge < -0.3 is 0 Å². The Labute approximate surface area is 152 Å². The van der Waals surface area contributed by atoms with Crippen molar-refractivity contribution in [2.24, 2.45) is 11.3 Å². The third kappa shape index (κ3) is 10.0. The molecule has 0 nitrogen and oxygen atoms in total. The molecule has 0 radical (unpaired) electrons. The molecule has 1 saturated carbocycles. The van der Waals surface area contributed by atoms with Crippen LogP contribution < -0.4 is 0 Å². The summed E-state index contributed by atoms with van der Waals surface area (Å²) in [6, 6.07) is 0. The van der Waals surface area contributed by atoms with Gasteiger partial charge in [0.25, 0.3) is 0 Å². The lowest BCUT2D eigenvalue weighted by molar-refractivity contribution is 0.187. The quantitative estimate of drug-likeness (QED) is 0.322. The van der Waals surface area contributed by atoms with Crippen molar-refractivity contribution in [2.75, 3.05) is 5.75 Å². The SMILES string of the molecule is CCCCCCCCCCCCSC1CCCCC1C(C)(C)C. The van der Waals surface area contributed by atoms with Crippen molar-refractivity contribution in [1.29, 1.82) is 0 Å². The number of thioether (sulfide) groups is 1. The van der Waals surface area contributed by atoms with E-state index in [9.17, 15) is 0 Å². The summed E-state index contributed by atoms with van der Waals surface area (Å²) in [5.41, 5.74) is 0.510. The Balaban J connectivity index is 1.97. The summed E-state index contributed by atoms with van der Waals surface area (Å²) in [7, 11) is 0. The maximum absolute atomic E-state index is 2.46. The lowest BCUT2D eigenvalue weighted by Gasteiger charge is -2.40. The van der Waals surface area contributed by atoms with E-state index in [0.717, 1.165) is 11.2 Å². The molecule has 2 unspecified atom stereocenters. The minimum Gasteiger partial charge on any atom is -0.158 e. The van der Waals surface area contributed by atoms with Crippen LogP contribution in [0.5, 0.6) is 0 Å². The Morgan fingerprint density at radius 1 is 0.739 bits per heavy atom. The predicted molar refractivity (Wildman–Crippen MR) is 110 cm³/mol. The zero-order chi connectivity index (χ0) is 17.0. The van der Waals surface area contributed by atoms with Gasteiger partial charge in [0.2, 0.25) is 0 Å². The zero-order valence-corrected chi connectivity index (χ0v) is 17.5. The molecule has 0 saturated heterocycles. The van der Waals surface area contributed by atoms with Gasteiger partial charge in [-0.15, -0.1) is 0 Å². The second-order valence-electron chi connectivity index (χ2n) is 8.85. The van der Waals surface area contributed by atoms with E-state index in [-0.39, 0.29) is 0 Å². The molecule has 1 fully saturated rings. The van der Waals surface area contributed by atoms with E-state index in [4.69, 9.17) is 0 Å². The largest absolute Gasteiger partial charge is 0.158 e. The molecule has 0 bridgehead atoms. The van der Waals surface area contributed by atoms with E-state index in [1.165, 1.54) is 95.6 Å². The molecule has 0 spiro atoms. The van der Waals surface area contributed by atoms with Crippen molar-refractivity contribution in [3.8, 4) is 0 Å². The van der Waals surface area contributed by atoms with Crippen LogP contribution in [0.25, 0.3) is 0 Å². The van der Waals surface area contributed by atoms with Crippen LogP contribution in [0.1, 0.15) is 118 Å². The van der Waals surface area contributed by atoms with Gasteiger partial charge >= 0.3 is 0 Å². The van der Waals surface area contributed by atoms with E-state index < -0.39 is 0 Å². The maximum atomic E-state index is 2.46. The molecule has 0 aliphatic heterocycles. The lowest BCUT2D eigenvalue weighted by atomic mass is 9.72. The Morgan fingerprint density at radius 3 is 1.83 bits per heavy atom. The molecule has 0 aromatic heterocycles. The van der Waals surface area contributed by atoms with Crippen LogP contribution in [-0.2, 0) is 0 Å². The van der Waals surface area contributed by atoms with Crippen molar-refractivity contribution < 1.29 is 0 Å². The normalized spacial score (nSPS) is 22.4. The van der Waals surface area contributed by atoms with Gasteiger partial charge in [0.05, 0.1) is 0 Å². The summed E-state index contributed by atoms with van der Waals surface area (Å²) in [4.78, 5) is 0. The average Bonchev–Trinajstić information content (AvgIpc) is 2.52. The first-order chi connectivity index (χ1) is 11.1. The van der Waals surface area contributed by atoms with Crippen molar-refractivity contribution in [3.63, 3.8) is 0 Å². The molecule has 0 N–H and O–H groups in total. The number of hydrogen-bond acceptors (Lipinski definition) is 1. The van der Waals surface area contributed by atoms with Gasteiger partial charge in [-0.1, -0.05) is 98.3 Å². The summed E-state index contributed by atoms with van der Waals surface area (Å²) in [5.74, 6) is 2.36. The number of unbranched alkanes of at least 4 members (excludes halogenated alkanes) is 9. The van der Waals surface area contributed by atoms with Crippen LogP contribution in [0, 0.1) is 11.3 Å². The summed E-state index contributed by atoms with van der Waals surface area (Å²) in [6.45, 7) is 9.67. The standard InChI is InChI=1S/C22H44S/c1-5-6-7-8-9-10-11-12-13-16-19-23-21-18-15-14-17-20(21)22(2,3)4/h20-21H,5-19H2,1-4H3. The van der Waals surface area contributed by atoms with Crippen molar-refractivity contribution in [1.82, 2.24) is 0 Å². The van der Waals surface area contributed by atoms with Gasteiger partial charge in [-0.3, -0.25) is 0 Å². The van der Waals surface area contributed by atoms with Crippen LogP contribution in [-0.4, -0.2) is 11.0 Å². The Morgan fingerprint density at radius 2 is 1.26 bits per heavy atom. The molecule has 1 aliphatic rings. The Kier molecular flexibility index (Phi) is 11.8. The van der Waals surface area contributed by atoms with Crippen LogP contribution in [0.4, 0.5) is 0 Å². The van der Waals surface area contributed by atoms with E-state index in [1.807, 2.05) is 0 Å². The third-order valence-corrected chi connectivity index (χ3v) is 7.16. The average molecular weight is 341 g/mol. The molecular weight excluding hydrogens is 296 g/mol. The fourth-order valence-corrected chi connectivity index (χ4v) is 5.89. The van der Waals surface area contributed by atoms with Crippen LogP contribution in [0.2, 0.25) is 0 Å². The number of hydrogen-bond donors (Lipinski definition) is 0. The summed E-state index contributed by atoms with van der Waals surface area (Å²) < 4.78 is 0. The van der Waals surface area contributed by atoms with Crippen molar-refractivity contribution >= 4 is 11.8 Å². The molecule has 0 heterocycles. The molecule has 1 aliphatic carbocycles. The predicted octanol–water partition coefficient (Wildman–Crippen LogP) is 8.25. The highest BCUT2D eigenvalue weighted by Gasteiger charge is 2.33. The van der Waals surface area contributed by atoms with E-state index in [1.54, 1.807) is 0 Å². The van der Waals surface area contributed by atoms with Crippen LogP contribution in [0.15, 0.2) is 0 Å². The fourth-order valence-electron chi connectivity index (χ4n) is 4.11. The smallest absolute Gasteiger partial charge is 0.00803 e. The molecule has 0 aromatic rings. The monoisotopic (exact) mass is 340 g/mol. The van der Waals surface area contributed by atoms with Crippen molar-refractivity contribution in [2.45, 2.75) is 123 Å². The fraction of sp³-hybridized carbons (Fsp3) is 1.00. The summed E-state index contributed by atoms with van der Waals surface area (Å²) >= 11 is 2.31. The summed E-state index contributed by atoms with van der Waals surface area (Å²) in [5, 5.41) is 0.947. The number of rotatable bonds is 12. The molecule has 2 atom stereocenters. The first-order valence-corrected chi connectivity index (χ1v) is 11.7. The first kappa shape index (κ1) is 21.4.